The van der Waals surface area contributed by atoms with Crippen molar-refractivity contribution >= 4 is 16.9 Å². The van der Waals surface area contributed by atoms with Crippen LogP contribution in [-0.4, -0.2) is 31.7 Å². The Morgan fingerprint density at radius 1 is 1.65 bits per heavy atom. The SMILES string of the molecule is CC(C)C1CCSC(=NCc2ncn(C)n2)N1. The van der Waals surface area contributed by atoms with Gasteiger partial charge in [-0.15, -0.1) is 0 Å². The van der Waals surface area contributed by atoms with Gasteiger partial charge in [0.05, 0.1) is 0 Å². The van der Waals surface area contributed by atoms with Crippen LogP contribution in [0.2, 0.25) is 0 Å². The van der Waals surface area contributed by atoms with Crippen molar-refractivity contribution in [1.82, 2.24) is 20.1 Å². The predicted octanol–water partition coefficient (Wildman–Crippen LogP) is 1.42. The van der Waals surface area contributed by atoms with Crippen LogP contribution in [0.25, 0.3) is 0 Å². The van der Waals surface area contributed by atoms with E-state index in [9.17, 15) is 0 Å². The summed E-state index contributed by atoms with van der Waals surface area (Å²) in [6, 6.07) is 0.548. The van der Waals surface area contributed by atoms with E-state index in [-0.39, 0.29) is 0 Å². The van der Waals surface area contributed by atoms with Crippen molar-refractivity contribution in [2.75, 3.05) is 5.75 Å². The maximum absolute atomic E-state index is 4.53. The molecule has 1 aromatic heterocycles. The summed E-state index contributed by atoms with van der Waals surface area (Å²) in [7, 11) is 1.87. The highest BCUT2D eigenvalue weighted by Crippen LogP contribution is 2.18. The summed E-state index contributed by atoms with van der Waals surface area (Å²) < 4.78 is 1.70. The third kappa shape index (κ3) is 3.46. The van der Waals surface area contributed by atoms with Crippen LogP contribution in [0, 0.1) is 5.92 Å². The van der Waals surface area contributed by atoms with Crippen molar-refractivity contribution < 1.29 is 0 Å². The fraction of sp³-hybridized carbons (Fsp3) is 0.727. The summed E-state index contributed by atoms with van der Waals surface area (Å²) in [6.45, 7) is 5.04. The van der Waals surface area contributed by atoms with Crippen molar-refractivity contribution in [3.8, 4) is 0 Å². The summed E-state index contributed by atoms with van der Waals surface area (Å²) in [5.74, 6) is 2.56. The molecule has 1 aliphatic heterocycles. The van der Waals surface area contributed by atoms with Crippen molar-refractivity contribution in [3.05, 3.63) is 12.2 Å². The van der Waals surface area contributed by atoms with Gasteiger partial charge in [-0.05, 0) is 12.3 Å². The second-order valence-electron chi connectivity index (χ2n) is 4.59. The van der Waals surface area contributed by atoms with Crippen LogP contribution in [0.4, 0.5) is 0 Å². The largest absolute Gasteiger partial charge is 0.362 e. The zero-order valence-corrected chi connectivity index (χ0v) is 11.4. The number of rotatable bonds is 3. The molecule has 17 heavy (non-hydrogen) atoms. The topological polar surface area (TPSA) is 55.1 Å². The van der Waals surface area contributed by atoms with Gasteiger partial charge in [0, 0.05) is 18.8 Å². The molecule has 2 heterocycles. The number of hydrogen-bond donors (Lipinski definition) is 1. The van der Waals surface area contributed by atoms with E-state index in [1.54, 1.807) is 22.8 Å². The molecule has 1 aliphatic rings. The number of nitrogens with zero attached hydrogens (tertiary/aromatic N) is 4. The van der Waals surface area contributed by atoms with Gasteiger partial charge in [-0.1, -0.05) is 25.6 Å². The first-order valence-electron chi connectivity index (χ1n) is 5.93. The quantitative estimate of drug-likeness (QED) is 0.885. The van der Waals surface area contributed by atoms with E-state index in [0.29, 0.717) is 18.5 Å². The first kappa shape index (κ1) is 12.4. The fourth-order valence-electron chi connectivity index (χ4n) is 1.75. The number of aromatic nitrogens is 3. The molecule has 1 saturated heterocycles. The van der Waals surface area contributed by atoms with Crippen molar-refractivity contribution in [2.45, 2.75) is 32.9 Å². The average Bonchev–Trinajstić information content (AvgIpc) is 2.73. The van der Waals surface area contributed by atoms with Crippen LogP contribution < -0.4 is 5.32 Å². The molecule has 1 atom stereocenters. The zero-order chi connectivity index (χ0) is 12.3. The Hall–Kier alpha value is -1.04. The maximum Gasteiger partial charge on any atom is 0.172 e. The molecule has 0 spiro atoms. The van der Waals surface area contributed by atoms with E-state index in [2.05, 4.69) is 34.2 Å². The van der Waals surface area contributed by atoms with Gasteiger partial charge in [0.2, 0.25) is 0 Å². The third-order valence-electron chi connectivity index (χ3n) is 2.79. The highest BCUT2D eigenvalue weighted by molar-refractivity contribution is 8.13. The molecule has 2 rings (SSSR count). The molecule has 0 aliphatic carbocycles. The van der Waals surface area contributed by atoms with Gasteiger partial charge in [0.25, 0.3) is 0 Å². The third-order valence-corrected chi connectivity index (χ3v) is 3.75. The number of aliphatic imine (C=N–C) groups is 1. The molecule has 0 bridgehead atoms. The Morgan fingerprint density at radius 3 is 3.12 bits per heavy atom. The molecule has 0 saturated carbocycles. The summed E-state index contributed by atoms with van der Waals surface area (Å²) in [4.78, 5) is 8.69. The molecule has 1 fully saturated rings. The van der Waals surface area contributed by atoms with Crippen molar-refractivity contribution in [2.24, 2.45) is 18.0 Å². The number of aryl methyl sites for hydroxylation is 1. The normalized spacial score (nSPS) is 23.1. The standard InChI is InChI=1S/C11H19N5S/c1-8(2)9-4-5-17-11(14-9)12-6-10-13-7-16(3)15-10/h7-9H,4-6H2,1-3H3,(H,12,14). The van der Waals surface area contributed by atoms with Crippen LogP contribution >= 0.6 is 11.8 Å². The Morgan fingerprint density at radius 2 is 2.47 bits per heavy atom. The molecule has 94 valence electrons. The molecule has 1 unspecified atom stereocenters. The highest BCUT2D eigenvalue weighted by atomic mass is 32.2. The van der Waals surface area contributed by atoms with Crippen LogP contribution in [0.15, 0.2) is 11.3 Å². The minimum absolute atomic E-state index is 0.548. The minimum Gasteiger partial charge on any atom is -0.362 e. The van der Waals surface area contributed by atoms with Crippen molar-refractivity contribution in [3.63, 3.8) is 0 Å². The fourth-order valence-corrected chi connectivity index (χ4v) is 2.70. The molecule has 6 heteroatoms. The lowest BCUT2D eigenvalue weighted by Gasteiger charge is -2.28. The van der Waals surface area contributed by atoms with Gasteiger partial charge in [0.1, 0.15) is 12.9 Å². The number of hydrogen-bond acceptors (Lipinski definition) is 4. The lowest BCUT2D eigenvalue weighted by Crippen LogP contribution is -2.41. The second kappa shape index (κ2) is 5.53. The van der Waals surface area contributed by atoms with Crippen LogP contribution in [-0.2, 0) is 13.6 Å². The van der Waals surface area contributed by atoms with E-state index in [1.165, 1.54) is 6.42 Å². The smallest absolute Gasteiger partial charge is 0.172 e. The Bertz CT molecular complexity index is 398. The van der Waals surface area contributed by atoms with Gasteiger partial charge < -0.3 is 5.32 Å². The average molecular weight is 253 g/mol. The van der Waals surface area contributed by atoms with E-state index in [0.717, 1.165) is 16.7 Å². The minimum atomic E-state index is 0.548. The van der Waals surface area contributed by atoms with E-state index in [4.69, 9.17) is 0 Å². The molecule has 1 N–H and O–H groups in total. The molecule has 1 aromatic rings. The Labute approximate surface area is 106 Å². The number of nitrogens with one attached hydrogen (secondary N) is 1. The van der Waals surface area contributed by atoms with Crippen LogP contribution in [0.1, 0.15) is 26.1 Å². The summed E-state index contributed by atoms with van der Waals surface area (Å²) in [5.41, 5.74) is 0. The van der Waals surface area contributed by atoms with Gasteiger partial charge >= 0.3 is 0 Å². The van der Waals surface area contributed by atoms with Gasteiger partial charge in [-0.3, -0.25) is 9.67 Å². The summed E-state index contributed by atoms with van der Waals surface area (Å²) in [5, 5.41) is 8.72. The van der Waals surface area contributed by atoms with E-state index < -0.39 is 0 Å². The monoisotopic (exact) mass is 253 g/mol. The zero-order valence-electron chi connectivity index (χ0n) is 10.6. The summed E-state index contributed by atoms with van der Waals surface area (Å²) >= 11 is 1.79. The molecule has 0 radical (unpaired) electrons. The second-order valence-corrected chi connectivity index (χ2v) is 5.67. The van der Waals surface area contributed by atoms with Gasteiger partial charge in [-0.2, -0.15) is 5.10 Å². The highest BCUT2D eigenvalue weighted by Gasteiger charge is 2.19. The van der Waals surface area contributed by atoms with Crippen LogP contribution in [0.5, 0.6) is 0 Å². The molecular weight excluding hydrogens is 234 g/mol. The summed E-state index contributed by atoms with van der Waals surface area (Å²) in [6.07, 6.45) is 2.91. The lowest BCUT2D eigenvalue weighted by atomic mass is 10.0. The molecule has 0 amide bonds. The van der Waals surface area contributed by atoms with Gasteiger partial charge in [0.15, 0.2) is 11.0 Å². The number of amidine groups is 1. The first-order chi connectivity index (χ1) is 8.15. The lowest BCUT2D eigenvalue weighted by molar-refractivity contribution is 0.442. The molecule has 5 nitrogen and oxygen atoms in total. The van der Waals surface area contributed by atoms with E-state index >= 15 is 0 Å². The predicted molar refractivity (Wildman–Crippen MR) is 71.0 cm³/mol. The Balaban J connectivity index is 1.93. The van der Waals surface area contributed by atoms with E-state index in [1.807, 2.05) is 7.05 Å². The van der Waals surface area contributed by atoms with Crippen LogP contribution in [0.3, 0.4) is 0 Å². The first-order valence-corrected chi connectivity index (χ1v) is 6.92. The number of thioether (sulfide) groups is 1. The maximum atomic E-state index is 4.53. The molecule has 0 aromatic carbocycles. The molecular formula is C11H19N5S. The Kier molecular flexibility index (Phi) is 4.04. The van der Waals surface area contributed by atoms with Crippen molar-refractivity contribution in [1.29, 1.82) is 0 Å². The van der Waals surface area contributed by atoms with Gasteiger partial charge in [-0.25, -0.2) is 4.98 Å².